The van der Waals surface area contributed by atoms with Gasteiger partial charge in [0.15, 0.2) is 0 Å². The number of urea groups is 1. The minimum Gasteiger partial charge on any atom is -0.481 e. The van der Waals surface area contributed by atoms with Crippen LogP contribution in [0.3, 0.4) is 0 Å². The van der Waals surface area contributed by atoms with Crippen LogP contribution in [0.1, 0.15) is 45.0 Å². The molecule has 10 heteroatoms. The van der Waals surface area contributed by atoms with Gasteiger partial charge in [-0.3, -0.25) is 4.79 Å². The number of carboxylic acids is 1. The number of aliphatic carboxylic acids is 1. The van der Waals surface area contributed by atoms with Gasteiger partial charge < -0.3 is 20.3 Å². The van der Waals surface area contributed by atoms with Crippen molar-refractivity contribution < 1.29 is 27.9 Å². The van der Waals surface area contributed by atoms with Crippen molar-refractivity contribution in [2.24, 2.45) is 0 Å². The number of nitrogens with zero attached hydrogens (tertiary/aromatic N) is 2. The number of nitrogens with one attached hydrogen (secondary N) is 2. The molecule has 148 valence electrons. The minimum absolute atomic E-state index is 0.0699. The quantitative estimate of drug-likeness (QED) is 0.627. The van der Waals surface area contributed by atoms with E-state index in [4.69, 9.17) is 5.11 Å². The lowest BCUT2D eigenvalue weighted by molar-refractivity contribution is -0.147. The molecule has 2 amide bonds. The van der Waals surface area contributed by atoms with Gasteiger partial charge >= 0.3 is 18.2 Å². The van der Waals surface area contributed by atoms with Crippen molar-refractivity contribution >= 4 is 28.7 Å². The van der Waals surface area contributed by atoms with Gasteiger partial charge in [0.2, 0.25) is 5.82 Å². The highest BCUT2D eigenvalue weighted by Crippen LogP contribution is 2.35. The standard InChI is InChI=1S/C17H21F3N4O3/c1-3-10(2)24-13-7-6-11(9-12(13)23-15(24)17(18,19)20)22-16(27)21-8-4-5-14(25)26/h6-7,9-10H,3-5,8H2,1-2H3,(H,25,26)(H2,21,22,27). The molecule has 1 aromatic carbocycles. The monoisotopic (exact) mass is 386 g/mol. The first-order chi connectivity index (χ1) is 12.6. The zero-order valence-electron chi connectivity index (χ0n) is 14.9. The van der Waals surface area contributed by atoms with Crippen LogP contribution in [0, 0.1) is 0 Å². The van der Waals surface area contributed by atoms with Crippen molar-refractivity contribution in [2.75, 3.05) is 11.9 Å². The van der Waals surface area contributed by atoms with Crippen molar-refractivity contribution in [2.45, 2.75) is 45.3 Å². The summed E-state index contributed by atoms with van der Waals surface area (Å²) in [6.45, 7) is 3.65. The van der Waals surface area contributed by atoms with Crippen molar-refractivity contribution in [3.05, 3.63) is 24.0 Å². The number of hydrogen-bond acceptors (Lipinski definition) is 3. The van der Waals surface area contributed by atoms with Gasteiger partial charge in [0.05, 0.1) is 11.0 Å². The van der Waals surface area contributed by atoms with Crippen molar-refractivity contribution in [3.8, 4) is 0 Å². The molecule has 0 saturated carbocycles. The van der Waals surface area contributed by atoms with Crippen molar-refractivity contribution in [1.29, 1.82) is 0 Å². The summed E-state index contributed by atoms with van der Waals surface area (Å²) in [7, 11) is 0. The lowest BCUT2D eigenvalue weighted by Gasteiger charge is -2.17. The summed E-state index contributed by atoms with van der Waals surface area (Å²) < 4.78 is 41.1. The highest BCUT2D eigenvalue weighted by molar-refractivity contribution is 5.92. The van der Waals surface area contributed by atoms with Gasteiger partial charge in [-0.2, -0.15) is 13.2 Å². The second-order valence-corrected chi connectivity index (χ2v) is 6.14. The third kappa shape index (κ3) is 5.11. The number of carbonyl (C=O) groups is 2. The van der Waals surface area contributed by atoms with Crippen LogP contribution < -0.4 is 10.6 Å². The molecule has 2 rings (SSSR count). The average Bonchev–Trinajstić information content (AvgIpc) is 2.97. The maximum Gasteiger partial charge on any atom is 0.449 e. The molecule has 0 saturated heterocycles. The molecule has 7 nitrogen and oxygen atoms in total. The summed E-state index contributed by atoms with van der Waals surface area (Å²) in [4.78, 5) is 25.9. The molecular formula is C17H21F3N4O3. The number of alkyl halides is 3. The van der Waals surface area contributed by atoms with Gasteiger partial charge in [-0.05, 0) is 38.0 Å². The number of hydrogen-bond donors (Lipinski definition) is 3. The van der Waals surface area contributed by atoms with Crippen LogP contribution in [-0.4, -0.2) is 33.2 Å². The van der Waals surface area contributed by atoms with E-state index < -0.39 is 24.0 Å². The number of anilines is 1. The van der Waals surface area contributed by atoms with Crippen LogP contribution in [0.25, 0.3) is 11.0 Å². The molecule has 0 fully saturated rings. The van der Waals surface area contributed by atoms with E-state index in [1.54, 1.807) is 13.8 Å². The fourth-order valence-electron chi connectivity index (χ4n) is 2.62. The molecule has 1 aromatic heterocycles. The Bertz CT molecular complexity index is 833. The van der Waals surface area contributed by atoms with Crippen LogP contribution in [0.5, 0.6) is 0 Å². The van der Waals surface area contributed by atoms with Gasteiger partial charge in [-0.25, -0.2) is 9.78 Å². The van der Waals surface area contributed by atoms with Crippen LogP contribution >= 0.6 is 0 Å². The molecule has 0 radical (unpaired) electrons. The van der Waals surface area contributed by atoms with Crippen LogP contribution in [-0.2, 0) is 11.0 Å². The summed E-state index contributed by atoms with van der Waals surface area (Å²) in [5.74, 6) is -1.93. The first kappa shape index (κ1) is 20.5. The van der Waals surface area contributed by atoms with Gasteiger partial charge in [0, 0.05) is 24.7 Å². The van der Waals surface area contributed by atoms with E-state index in [1.807, 2.05) is 0 Å². The number of carboxylic acid groups (broad SMARTS) is 1. The van der Waals surface area contributed by atoms with Gasteiger partial charge in [-0.15, -0.1) is 0 Å². The highest BCUT2D eigenvalue weighted by Gasteiger charge is 2.38. The summed E-state index contributed by atoms with van der Waals surface area (Å²) >= 11 is 0. The maximum atomic E-state index is 13.3. The number of benzene rings is 1. The number of imidazole rings is 1. The fourth-order valence-corrected chi connectivity index (χ4v) is 2.62. The zero-order valence-corrected chi connectivity index (χ0v) is 14.9. The van der Waals surface area contributed by atoms with Gasteiger partial charge in [-0.1, -0.05) is 6.92 Å². The molecule has 0 spiro atoms. The summed E-state index contributed by atoms with van der Waals surface area (Å²) in [6, 6.07) is 3.41. The van der Waals surface area contributed by atoms with Crippen molar-refractivity contribution in [3.63, 3.8) is 0 Å². The molecule has 1 atom stereocenters. The Morgan fingerprint density at radius 3 is 2.63 bits per heavy atom. The molecule has 1 unspecified atom stereocenters. The normalized spacial score (nSPS) is 12.8. The molecule has 0 aliphatic carbocycles. The predicted molar refractivity (Wildman–Crippen MR) is 93.6 cm³/mol. The van der Waals surface area contributed by atoms with Gasteiger partial charge in [0.1, 0.15) is 0 Å². The number of carbonyl (C=O) groups excluding carboxylic acids is 1. The third-order valence-corrected chi connectivity index (χ3v) is 4.09. The SMILES string of the molecule is CCC(C)n1c(C(F)(F)F)nc2cc(NC(=O)NCCCC(=O)O)ccc21. The Labute approximate surface area is 153 Å². The van der Waals surface area contributed by atoms with E-state index >= 15 is 0 Å². The number of aromatic nitrogens is 2. The topological polar surface area (TPSA) is 96.3 Å². The third-order valence-electron chi connectivity index (χ3n) is 4.09. The largest absolute Gasteiger partial charge is 0.481 e. The molecule has 0 aliphatic rings. The van der Waals surface area contributed by atoms with Crippen LogP contribution in [0.2, 0.25) is 0 Å². The smallest absolute Gasteiger partial charge is 0.449 e. The molecule has 2 aromatic rings. The first-order valence-corrected chi connectivity index (χ1v) is 8.49. The molecule has 0 bridgehead atoms. The number of fused-ring (bicyclic) bond motifs is 1. The Hall–Kier alpha value is -2.78. The second kappa shape index (κ2) is 8.28. The average molecular weight is 386 g/mol. The van der Waals surface area contributed by atoms with E-state index in [0.29, 0.717) is 17.6 Å². The fraction of sp³-hybridized carbons (Fsp3) is 0.471. The maximum absolute atomic E-state index is 13.3. The van der Waals surface area contributed by atoms with E-state index in [0.717, 1.165) is 4.57 Å². The lowest BCUT2D eigenvalue weighted by Crippen LogP contribution is -2.29. The molecule has 1 heterocycles. The summed E-state index contributed by atoms with van der Waals surface area (Å²) in [6.07, 6.45) is -3.87. The first-order valence-electron chi connectivity index (χ1n) is 8.49. The van der Waals surface area contributed by atoms with E-state index in [1.165, 1.54) is 18.2 Å². The van der Waals surface area contributed by atoms with Crippen LogP contribution in [0.15, 0.2) is 18.2 Å². The van der Waals surface area contributed by atoms with E-state index in [-0.39, 0.29) is 30.9 Å². The van der Waals surface area contributed by atoms with E-state index in [2.05, 4.69) is 15.6 Å². The predicted octanol–water partition coefficient (Wildman–Crippen LogP) is 4.01. The summed E-state index contributed by atoms with van der Waals surface area (Å²) in [5, 5.41) is 13.5. The van der Waals surface area contributed by atoms with Gasteiger partial charge in [0.25, 0.3) is 0 Å². The lowest BCUT2D eigenvalue weighted by atomic mass is 10.2. The Morgan fingerprint density at radius 1 is 1.33 bits per heavy atom. The Kier molecular flexibility index (Phi) is 6.29. The number of halogens is 3. The van der Waals surface area contributed by atoms with E-state index in [9.17, 15) is 22.8 Å². The molecule has 0 aliphatic heterocycles. The molecule has 27 heavy (non-hydrogen) atoms. The summed E-state index contributed by atoms with van der Waals surface area (Å²) in [5.41, 5.74) is 0.760. The molecular weight excluding hydrogens is 365 g/mol. The Morgan fingerprint density at radius 2 is 2.04 bits per heavy atom. The number of rotatable bonds is 7. The molecule has 3 N–H and O–H groups in total. The highest BCUT2D eigenvalue weighted by atomic mass is 19.4. The zero-order chi connectivity index (χ0) is 20.2. The number of amides is 2. The van der Waals surface area contributed by atoms with Crippen LogP contribution in [0.4, 0.5) is 23.7 Å². The Balaban J connectivity index is 2.19. The second-order valence-electron chi connectivity index (χ2n) is 6.14. The minimum atomic E-state index is -4.59. The van der Waals surface area contributed by atoms with Crippen molar-refractivity contribution in [1.82, 2.24) is 14.9 Å².